The van der Waals surface area contributed by atoms with Crippen molar-refractivity contribution in [3.8, 4) is 0 Å². The molecule has 2 atom stereocenters. The summed E-state index contributed by atoms with van der Waals surface area (Å²) in [6, 6.07) is 18.5. The van der Waals surface area contributed by atoms with Crippen LogP contribution in [0.1, 0.15) is 27.5 Å². The van der Waals surface area contributed by atoms with Crippen LogP contribution < -0.4 is 0 Å². The maximum Gasteiger partial charge on any atom is 0.335 e. The first kappa shape index (κ1) is 17.2. The van der Waals surface area contributed by atoms with Crippen LogP contribution in [0.25, 0.3) is 0 Å². The highest BCUT2D eigenvalue weighted by Gasteiger charge is 2.36. The predicted octanol–water partition coefficient (Wildman–Crippen LogP) is 2.64. The van der Waals surface area contributed by atoms with Crippen LogP contribution in [0.15, 0.2) is 54.6 Å². The zero-order valence-electron chi connectivity index (χ0n) is 14.8. The van der Waals surface area contributed by atoms with Gasteiger partial charge in [-0.15, -0.1) is 0 Å². The average molecular weight is 352 g/mol. The summed E-state index contributed by atoms with van der Waals surface area (Å²) >= 11 is 0. The van der Waals surface area contributed by atoms with Gasteiger partial charge in [0, 0.05) is 32.2 Å². The van der Waals surface area contributed by atoms with Crippen LogP contribution in [-0.4, -0.2) is 59.8 Å². The number of carboxylic acid groups (broad SMARTS) is 1. The van der Waals surface area contributed by atoms with E-state index in [1.165, 1.54) is 5.56 Å². The quantitative estimate of drug-likeness (QED) is 0.917. The van der Waals surface area contributed by atoms with Gasteiger partial charge in [0.25, 0.3) is 0 Å². The molecule has 0 unspecified atom stereocenters. The van der Waals surface area contributed by atoms with Crippen molar-refractivity contribution in [2.24, 2.45) is 0 Å². The van der Waals surface area contributed by atoms with E-state index in [0.717, 1.165) is 45.0 Å². The highest BCUT2D eigenvalue weighted by Crippen LogP contribution is 2.29. The topological polar surface area (TPSA) is 53.0 Å². The zero-order chi connectivity index (χ0) is 17.9. The lowest BCUT2D eigenvalue weighted by atomic mass is 10.00. The Morgan fingerprint density at radius 1 is 1.08 bits per heavy atom. The fourth-order valence-electron chi connectivity index (χ4n) is 4.07. The van der Waals surface area contributed by atoms with Gasteiger partial charge in [-0.2, -0.15) is 0 Å². The molecule has 26 heavy (non-hydrogen) atoms. The van der Waals surface area contributed by atoms with Gasteiger partial charge in [-0.05, 0) is 23.3 Å². The van der Waals surface area contributed by atoms with Crippen LogP contribution in [-0.2, 0) is 11.3 Å². The Morgan fingerprint density at radius 3 is 2.73 bits per heavy atom. The molecule has 0 aromatic heterocycles. The van der Waals surface area contributed by atoms with Gasteiger partial charge < -0.3 is 9.84 Å². The van der Waals surface area contributed by atoms with Gasteiger partial charge in [-0.25, -0.2) is 4.79 Å². The number of nitrogens with zero attached hydrogens (tertiary/aromatic N) is 2. The van der Waals surface area contributed by atoms with Crippen LogP contribution in [0.2, 0.25) is 0 Å². The fraction of sp³-hybridized carbons (Fsp3) is 0.381. The SMILES string of the molecule is O=C(O)c1cccc(CN2CCN3[C@@H](COC[C@@H]3c3ccccc3)C2)c1. The minimum atomic E-state index is -0.872. The summed E-state index contributed by atoms with van der Waals surface area (Å²) in [4.78, 5) is 16.1. The molecule has 0 bridgehead atoms. The molecule has 5 heteroatoms. The van der Waals surface area contributed by atoms with E-state index in [0.29, 0.717) is 17.6 Å². The Hall–Kier alpha value is -2.21. The number of hydrogen-bond donors (Lipinski definition) is 1. The first-order valence-electron chi connectivity index (χ1n) is 9.14. The van der Waals surface area contributed by atoms with Gasteiger partial charge in [-0.3, -0.25) is 9.80 Å². The second kappa shape index (κ2) is 7.58. The van der Waals surface area contributed by atoms with Gasteiger partial charge in [-0.1, -0.05) is 42.5 Å². The maximum atomic E-state index is 11.2. The summed E-state index contributed by atoms with van der Waals surface area (Å²) < 4.78 is 5.91. The zero-order valence-corrected chi connectivity index (χ0v) is 14.8. The van der Waals surface area contributed by atoms with Crippen molar-refractivity contribution in [1.82, 2.24) is 9.80 Å². The number of ether oxygens (including phenoxy) is 1. The van der Waals surface area contributed by atoms with E-state index in [1.807, 2.05) is 18.2 Å². The molecule has 2 fully saturated rings. The minimum Gasteiger partial charge on any atom is -0.478 e. The Balaban J connectivity index is 1.43. The maximum absolute atomic E-state index is 11.2. The normalized spacial score (nSPS) is 24.2. The van der Waals surface area contributed by atoms with E-state index >= 15 is 0 Å². The minimum absolute atomic E-state index is 0.326. The van der Waals surface area contributed by atoms with E-state index in [2.05, 4.69) is 34.1 Å². The number of rotatable bonds is 4. The molecule has 4 rings (SSSR count). The smallest absolute Gasteiger partial charge is 0.335 e. The molecular formula is C21H24N2O3. The van der Waals surface area contributed by atoms with Crippen molar-refractivity contribution in [2.75, 3.05) is 32.8 Å². The van der Waals surface area contributed by atoms with Gasteiger partial charge in [0.15, 0.2) is 0 Å². The van der Waals surface area contributed by atoms with Gasteiger partial charge in [0.2, 0.25) is 0 Å². The Labute approximate surface area is 153 Å². The lowest BCUT2D eigenvalue weighted by Gasteiger charge is -2.48. The molecule has 0 spiro atoms. The van der Waals surface area contributed by atoms with Gasteiger partial charge in [0.05, 0.1) is 24.8 Å². The van der Waals surface area contributed by atoms with Crippen molar-refractivity contribution in [2.45, 2.75) is 18.6 Å². The Bertz CT molecular complexity index is 765. The average Bonchev–Trinajstić information content (AvgIpc) is 2.68. The molecule has 2 aromatic rings. The third-order valence-electron chi connectivity index (χ3n) is 5.36. The van der Waals surface area contributed by atoms with E-state index in [1.54, 1.807) is 12.1 Å². The fourth-order valence-corrected chi connectivity index (χ4v) is 4.07. The van der Waals surface area contributed by atoms with Crippen molar-refractivity contribution < 1.29 is 14.6 Å². The molecule has 2 aliphatic heterocycles. The third-order valence-corrected chi connectivity index (χ3v) is 5.36. The number of carbonyl (C=O) groups is 1. The molecule has 2 aliphatic rings. The molecule has 0 amide bonds. The lowest BCUT2D eigenvalue weighted by Crippen LogP contribution is -2.58. The molecule has 2 aromatic carbocycles. The molecule has 0 radical (unpaired) electrons. The molecule has 2 saturated heterocycles. The van der Waals surface area contributed by atoms with E-state index in [9.17, 15) is 9.90 Å². The molecular weight excluding hydrogens is 328 g/mol. The second-order valence-corrected chi connectivity index (χ2v) is 7.10. The van der Waals surface area contributed by atoms with Gasteiger partial charge in [0.1, 0.15) is 0 Å². The number of benzene rings is 2. The summed E-state index contributed by atoms with van der Waals surface area (Å²) in [6.45, 7) is 5.22. The number of piperazine rings is 1. The van der Waals surface area contributed by atoms with E-state index < -0.39 is 5.97 Å². The van der Waals surface area contributed by atoms with Crippen LogP contribution in [0.5, 0.6) is 0 Å². The number of hydrogen-bond acceptors (Lipinski definition) is 4. The third kappa shape index (κ3) is 3.65. The molecule has 0 saturated carbocycles. The van der Waals surface area contributed by atoms with Crippen molar-refractivity contribution in [3.05, 3.63) is 71.3 Å². The Morgan fingerprint density at radius 2 is 1.92 bits per heavy atom. The highest BCUT2D eigenvalue weighted by molar-refractivity contribution is 5.87. The summed E-state index contributed by atoms with van der Waals surface area (Å²) in [5.74, 6) is -0.872. The molecule has 0 aliphatic carbocycles. The largest absolute Gasteiger partial charge is 0.478 e. The van der Waals surface area contributed by atoms with Crippen LogP contribution >= 0.6 is 0 Å². The van der Waals surface area contributed by atoms with Crippen molar-refractivity contribution in [3.63, 3.8) is 0 Å². The molecule has 5 nitrogen and oxygen atoms in total. The summed E-state index contributed by atoms with van der Waals surface area (Å²) in [5.41, 5.74) is 2.72. The monoisotopic (exact) mass is 352 g/mol. The Kier molecular flexibility index (Phi) is 5.02. The first-order chi connectivity index (χ1) is 12.7. The van der Waals surface area contributed by atoms with Crippen LogP contribution in [0, 0.1) is 0 Å². The lowest BCUT2D eigenvalue weighted by molar-refractivity contribution is -0.0835. The molecule has 136 valence electrons. The predicted molar refractivity (Wildman–Crippen MR) is 99.2 cm³/mol. The first-order valence-corrected chi connectivity index (χ1v) is 9.14. The number of carboxylic acids is 1. The number of morpholine rings is 1. The number of aromatic carboxylic acids is 1. The summed E-state index contributed by atoms with van der Waals surface area (Å²) in [5, 5.41) is 9.17. The van der Waals surface area contributed by atoms with Crippen molar-refractivity contribution >= 4 is 5.97 Å². The standard InChI is InChI=1S/C21H24N2O3/c24-21(25)18-8-4-5-16(11-18)12-22-9-10-23-19(13-22)14-26-15-20(23)17-6-2-1-3-7-17/h1-8,11,19-20H,9-10,12-15H2,(H,24,25)/t19-,20-/m1/s1. The van der Waals surface area contributed by atoms with Crippen LogP contribution in [0.4, 0.5) is 0 Å². The molecule has 2 heterocycles. The summed E-state index contributed by atoms with van der Waals surface area (Å²) in [6.07, 6.45) is 0. The van der Waals surface area contributed by atoms with E-state index in [4.69, 9.17) is 4.74 Å². The molecule has 1 N–H and O–H groups in total. The summed E-state index contributed by atoms with van der Waals surface area (Å²) in [7, 11) is 0. The highest BCUT2D eigenvalue weighted by atomic mass is 16.5. The van der Waals surface area contributed by atoms with Crippen molar-refractivity contribution in [1.29, 1.82) is 0 Å². The van der Waals surface area contributed by atoms with Gasteiger partial charge >= 0.3 is 5.97 Å². The van der Waals surface area contributed by atoms with E-state index in [-0.39, 0.29) is 0 Å². The second-order valence-electron chi connectivity index (χ2n) is 7.10. The number of fused-ring (bicyclic) bond motifs is 1. The van der Waals surface area contributed by atoms with Crippen LogP contribution in [0.3, 0.4) is 0 Å².